The van der Waals surface area contributed by atoms with Gasteiger partial charge >= 0.3 is 5.43 Å². The van der Waals surface area contributed by atoms with Gasteiger partial charge in [-0.2, -0.15) is 0 Å². The molecular weight excluding hydrogens is 438 g/mol. The summed E-state index contributed by atoms with van der Waals surface area (Å²) in [4.78, 5) is 25.0. The molecule has 7 nitrogen and oxygen atoms in total. The molecule has 0 bridgehead atoms. The Hall–Kier alpha value is -3.23. The Kier molecular flexibility index (Phi) is 4.75. The molecule has 2 aromatic carbocycles. The van der Waals surface area contributed by atoms with Crippen LogP contribution in [-0.2, 0) is 11.2 Å². The Morgan fingerprint density at radius 2 is 2.13 bits per heavy atom. The van der Waals surface area contributed by atoms with Crippen LogP contribution >= 0.6 is 22.9 Å². The van der Waals surface area contributed by atoms with Crippen molar-refractivity contribution >= 4 is 49.6 Å². The van der Waals surface area contributed by atoms with E-state index in [1.54, 1.807) is 24.6 Å². The van der Waals surface area contributed by atoms with Crippen molar-refractivity contribution in [1.29, 1.82) is 0 Å². The normalized spacial score (nSPS) is 15.0. The van der Waals surface area contributed by atoms with E-state index in [1.807, 2.05) is 25.1 Å². The van der Waals surface area contributed by atoms with Crippen LogP contribution in [0.4, 0.5) is 4.79 Å². The molecule has 3 heterocycles. The second-order valence-corrected chi connectivity index (χ2v) is 8.43. The first-order valence-corrected chi connectivity index (χ1v) is 10.6. The number of nitrogens with zero attached hydrogens (tertiary/aromatic N) is 3. The van der Waals surface area contributed by atoms with Crippen LogP contribution in [0.1, 0.15) is 11.1 Å². The minimum Gasteiger partial charge on any atom is -0.482 e. The van der Waals surface area contributed by atoms with Crippen molar-refractivity contribution < 1.29 is 19.0 Å². The molecule has 0 saturated carbocycles. The van der Waals surface area contributed by atoms with E-state index in [9.17, 15) is 4.79 Å². The van der Waals surface area contributed by atoms with Crippen molar-refractivity contribution in [2.45, 2.75) is 19.4 Å². The Labute approximate surface area is 186 Å². The van der Waals surface area contributed by atoms with E-state index < -0.39 is 11.5 Å². The highest BCUT2D eigenvalue weighted by Gasteiger charge is 2.30. The summed E-state index contributed by atoms with van der Waals surface area (Å²) >= 11 is 6.87. The second kappa shape index (κ2) is 7.47. The van der Waals surface area contributed by atoms with Crippen LogP contribution in [0.2, 0.25) is 0 Å². The van der Waals surface area contributed by atoms with Gasteiger partial charge in [-0.05, 0) is 36.8 Å². The van der Waals surface area contributed by atoms with Crippen molar-refractivity contribution in [2.24, 2.45) is 0 Å². The van der Waals surface area contributed by atoms with Crippen molar-refractivity contribution in [2.75, 3.05) is 7.11 Å². The van der Waals surface area contributed by atoms with Crippen molar-refractivity contribution in [3.8, 4) is 22.2 Å². The molecule has 1 aliphatic heterocycles. The largest absolute Gasteiger partial charge is 0.482 e. The van der Waals surface area contributed by atoms with E-state index in [1.165, 1.54) is 0 Å². The summed E-state index contributed by atoms with van der Waals surface area (Å²) in [6, 6.07) is 7.82. The molecule has 0 spiro atoms. The second-order valence-electron chi connectivity index (χ2n) is 7.12. The van der Waals surface area contributed by atoms with Crippen LogP contribution in [-0.4, -0.2) is 33.6 Å². The molecular formula is C22H16ClN3O4S. The first kappa shape index (κ1) is 19.7. The number of fused-ring (bicyclic) bond motifs is 4. The molecule has 0 saturated heterocycles. The highest BCUT2D eigenvalue weighted by molar-refractivity contribution is 7.22. The molecule has 156 valence electrons. The number of hydrogen-bond donors (Lipinski definition) is 0. The quantitative estimate of drug-likeness (QED) is 0.301. The summed E-state index contributed by atoms with van der Waals surface area (Å²) in [5.74, 6) is 1.37. The molecule has 4 aromatic rings. The average Bonchev–Trinajstić information content (AvgIpc) is 3.36. The molecule has 31 heavy (non-hydrogen) atoms. The van der Waals surface area contributed by atoms with Crippen LogP contribution in [0.3, 0.4) is 0 Å². The number of aromatic nitrogens is 3. The topological polar surface area (TPSA) is 83.4 Å². The van der Waals surface area contributed by atoms with E-state index in [2.05, 4.69) is 22.6 Å². The van der Waals surface area contributed by atoms with E-state index in [0.717, 1.165) is 48.7 Å². The summed E-state index contributed by atoms with van der Waals surface area (Å²) in [5.41, 5.74) is 4.41. The van der Waals surface area contributed by atoms with Crippen LogP contribution in [0.5, 0.6) is 11.6 Å². The third kappa shape index (κ3) is 3.47. The van der Waals surface area contributed by atoms with Gasteiger partial charge in [-0.15, -0.1) is 11.3 Å². The van der Waals surface area contributed by atoms with Gasteiger partial charge in [0.1, 0.15) is 16.5 Å². The lowest BCUT2D eigenvalue weighted by Gasteiger charge is -2.11. The zero-order valence-electron chi connectivity index (χ0n) is 16.6. The number of carbonyl (C=O) groups excluding carboxylic acids is 1. The van der Waals surface area contributed by atoms with Crippen LogP contribution in [0.25, 0.3) is 31.8 Å². The first-order chi connectivity index (χ1) is 14.9. The van der Waals surface area contributed by atoms with Crippen LogP contribution in [0.15, 0.2) is 42.8 Å². The van der Waals surface area contributed by atoms with Gasteiger partial charge in [0.25, 0.3) is 0 Å². The zero-order valence-corrected chi connectivity index (χ0v) is 18.2. The highest BCUT2D eigenvalue weighted by atomic mass is 35.5. The molecule has 0 N–H and O–H groups in total. The Bertz CT molecular complexity index is 1380. The number of thiazole rings is 1. The molecule has 9 heteroatoms. The fraction of sp³-hybridized carbons (Fsp3) is 0.182. The highest BCUT2D eigenvalue weighted by Crippen LogP contribution is 2.42. The monoisotopic (exact) mass is 453 g/mol. The molecule has 1 aliphatic rings. The molecule has 5 rings (SSSR count). The lowest BCUT2D eigenvalue weighted by molar-refractivity contribution is 0.161. The molecule has 1 atom stereocenters. The number of methoxy groups -OCH3 is 1. The van der Waals surface area contributed by atoms with Gasteiger partial charge in [-0.3, -0.25) is 0 Å². The minimum atomic E-state index is -0.932. The number of halogens is 1. The van der Waals surface area contributed by atoms with Crippen LogP contribution < -0.4 is 9.47 Å². The molecule has 0 unspecified atom stereocenters. The smallest absolute Gasteiger partial charge is 0.408 e. The van der Waals surface area contributed by atoms with Crippen molar-refractivity contribution in [3.05, 3.63) is 53.9 Å². The Morgan fingerprint density at radius 3 is 2.90 bits per heavy atom. The van der Waals surface area contributed by atoms with Gasteiger partial charge in [0, 0.05) is 29.1 Å². The van der Waals surface area contributed by atoms with Gasteiger partial charge in [0.2, 0.25) is 5.88 Å². The van der Waals surface area contributed by atoms with Gasteiger partial charge in [0.05, 0.1) is 34.6 Å². The summed E-state index contributed by atoms with van der Waals surface area (Å²) in [5, 5.41) is 0.839. The summed E-state index contributed by atoms with van der Waals surface area (Å²) in [6.45, 7) is 5.77. The van der Waals surface area contributed by atoms with E-state index >= 15 is 0 Å². The molecule has 0 radical (unpaired) electrons. The van der Waals surface area contributed by atoms with E-state index in [-0.39, 0.29) is 5.76 Å². The van der Waals surface area contributed by atoms with Gasteiger partial charge < -0.3 is 14.2 Å². The van der Waals surface area contributed by atoms with E-state index in [0.29, 0.717) is 12.3 Å². The predicted molar refractivity (Wildman–Crippen MR) is 119 cm³/mol. The minimum absolute atomic E-state index is 0.183. The Morgan fingerprint density at radius 1 is 1.29 bits per heavy atom. The maximum atomic E-state index is 11.0. The maximum absolute atomic E-state index is 11.0. The fourth-order valence-electron chi connectivity index (χ4n) is 3.69. The Balaban J connectivity index is 1.59. The zero-order chi connectivity index (χ0) is 21.7. The molecule has 0 fully saturated rings. The standard InChI is InChI=1S/C22H16ClN3O4S/c1-10-6-13(19-15(7-10)25-18(28-3)9-24-19)21-26-14-4-5-16-12(20(14)31-21)8-17(30-16)11(2)29-22(23)27/h4-7,9,17H,2,8H2,1,3H3/t17-/m1/s1. The van der Waals surface area contributed by atoms with Gasteiger partial charge in [0.15, 0.2) is 6.10 Å². The number of hydrogen-bond acceptors (Lipinski definition) is 8. The lowest BCUT2D eigenvalue weighted by Crippen LogP contribution is -2.18. The number of carbonyl (C=O) groups is 1. The predicted octanol–water partition coefficient (Wildman–Crippen LogP) is 5.42. The van der Waals surface area contributed by atoms with Crippen LogP contribution in [0, 0.1) is 6.92 Å². The molecule has 0 amide bonds. The summed E-state index contributed by atoms with van der Waals surface area (Å²) < 4.78 is 17.0. The van der Waals surface area contributed by atoms with Gasteiger partial charge in [-0.1, -0.05) is 6.58 Å². The number of benzene rings is 2. The number of aryl methyl sites for hydroxylation is 1. The molecule has 0 aliphatic carbocycles. The summed E-state index contributed by atoms with van der Waals surface area (Å²) in [7, 11) is 1.57. The average molecular weight is 454 g/mol. The fourth-order valence-corrected chi connectivity index (χ4v) is 4.91. The van der Waals surface area contributed by atoms with Crippen molar-refractivity contribution in [3.63, 3.8) is 0 Å². The third-order valence-electron chi connectivity index (χ3n) is 5.06. The SMILES string of the molecule is C=C(OC(=O)Cl)[C@H]1Cc2c(ccc3nc(-c4cc(C)cc5nc(OC)cnc45)sc23)O1. The lowest BCUT2D eigenvalue weighted by atomic mass is 10.1. The number of rotatable bonds is 4. The van der Waals surface area contributed by atoms with Gasteiger partial charge in [-0.25, -0.2) is 19.7 Å². The maximum Gasteiger partial charge on any atom is 0.408 e. The van der Waals surface area contributed by atoms with E-state index in [4.69, 9.17) is 30.8 Å². The molecule has 2 aromatic heterocycles. The summed E-state index contributed by atoms with van der Waals surface area (Å²) in [6.07, 6.45) is 1.64. The third-order valence-corrected chi connectivity index (χ3v) is 6.30. The number of ether oxygens (including phenoxy) is 3. The van der Waals surface area contributed by atoms with Crippen molar-refractivity contribution in [1.82, 2.24) is 15.0 Å². The first-order valence-electron chi connectivity index (χ1n) is 9.40.